The molecule has 0 amide bonds. The van der Waals surface area contributed by atoms with Gasteiger partial charge < -0.3 is 4.74 Å². The molecule has 1 atom stereocenters. The topological polar surface area (TPSA) is 43.4 Å². The fraction of sp³-hybridized carbons (Fsp3) is 0.833. The molecule has 0 aromatic heterocycles. The van der Waals surface area contributed by atoms with Crippen molar-refractivity contribution in [1.82, 2.24) is 0 Å². The van der Waals surface area contributed by atoms with Crippen LogP contribution in [0.25, 0.3) is 0 Å². The van der Waals surface area contributed by atoms with Gasteiger partial charge in [0.15, 0.2) is 6.61 Å². The second-order valence-corrected chi connectivity index (χ2v) is 4.71. The molecule has 0 saturated carbocycles. The number of hydrogen-bond acceptors (Lipinski definition) is 3. The van der Waals surface area contributed by atoms with Crippen LogP contribution in [0.3, 0.4) is 0 Å². The fourth-order valence-corrected chi connectivity index (χ4v) is 1.93. The molecule has 1 fully saturated rings. The number of halogens is 3. The van der Waals surface area contributed by atoms with Crippen LogP contribution in [0.5, 0.6) is 0 Å². The Morgan fingerprint density at radius 1 is 1.38 bits per heavy atom. The summed E-state index contributed by atoms with van der Waals surface area (Å²) in [4.78, 5) is 0. The van der Waals surface area contributed by atoms with Crippen molar-refractivity contribution in [2.24, 2.45) is 0 Å². The molecular weight excluding hydrogens is 209 g/mol. The van der Waals surface area contributed by atoms with E-state index in [0.29, 0.717) is 6.42 Å². The van der Waals surface area contributed by atoms with E-state index in [-0.39, 0.29) is 13.0 Å². The molecule has 0 aromatic carbocycles. The summed E-state index contributed by atoms with van der Waals surface area (Å²) in [5.41, 5.74) is -5.22. The molecule has 0 N–H and O–H groups in total. The maximum atomic E-state index is 11.9. The van der Waals surface area contributed by atoms with Gasteiger partial charge in [-0.25, -0.2) is 8.42 Å². The first-order chi connectivity index (χ1) is 5.86. The van der Waals surface area contributed by atoms with Crippen LogP contribution in [-0.2, 0) is 14.6 Å². The Morgan fingerprint density at radius 3 is 2.38 bits per heavy atom. The second-order valence-electron chi connectivity index (χ2n) is 2.59. The number of ether oxygens (including phenoxy) is 1. The third kappa shape index (κ3) is 2.14. The van der Waals surface area contributed by atoms with Crippen LogP contribution in [0.2, 0.25) is 0 Å². The highest BCUT2D eigenvalue weighted by molar-refractivity contribution is 7.93. The van der Waals surface area contributed by atoms with Gasteiger partial charge >= 0.3 is 5.51 Å². The highest BCUT2D eigenvalue weighted by Gasteiger charge is 2.51. The first-order valence-electron chi connectivity index (χ1n) is 3.53. The first-order valence-corrected chi connectivity index (χ1v) is 5.08. The van der Waals surface area contributed by atoms with E-state index < -0.39 is 20.6 Å². The lowest BCUT2D eigenvalue weighted by Crippen LogP contribution is -2.37. The minimum absolute atomic E-state index is 0.0815. The van der Waals surface area contributed by atoms with Crippen LogP contribution in [-0.4, -0.2) is 25.8 Å². The van der Waals surface area contributed by atoms with Gasteiger partial charge in [-0.3, -0.25) is 0 Å². The molecule has 7 heteroatoms. The van der Waals surface area contributed by atoms with Crippen molar-refractivity contribution in [3.8, 4) is 0 Å². The zero-order valence-electron chi connectivity index (χ0n) is 6.47. The van der Waals surface area contributed by atoms with Gasteiger partial charge in [-0.1, -0.05) is 0 Å². The molecule has 3 nitrogen and oxygen atoms in total. The summed E-state index contributed by atoms with van der Waals surface area (Å²) in [6.07, 6.45) is 0.217. The van der Waals surface area contributed by atoms with E-state index in [1.807, 2.05) is 6.61 Å². The van der Waals surface area contributed by atoms with E-state index in [1.165, 1.54) is 0 Å². The number of hydrogen-bond donors (Lipinski definition) is 0. The molecule has 1 rings (SSSR count). The summed E-state index contributed by atoms with van der Waals surface area (Å²) in [7, 11) is -5.14. The van der Waals surface area contributed by atoms with Gasteiger partial charge in [-0.2, -0.15) is 13.2 Å². The van der Waals surface area contributed by atoms with Gasteiger partial charge in [0.1, 0.15) is 5.25 Å². The van der Waals surface area contributed by atoms with Crippen molar-refractivity contribution < 1.29 is 26.3 Å². The monoisotopic (exact) mass is 216 g/mol. The Kier molecular flexibility index (Phi) is 2.86. The summed E-state index contributed by atoms with van der Waals surface area (Å²) in [6, 6.07) is 0. The molecule has 0 aliphatic carbocycles. The maximum Gasteiger partial charge on any atom is 0.497 e. The van der Waals surface area contributed by atoms with Crippen LogP contribution in [0.1, 0.15) is 12.8 Å². The molecule has 1 saturated heterocycles. The fourth-order valence-electron chi connectivity index (χ4n) is 0.931. The summed E-state index contributed by atoms with van der Waals surface area (Å²) in [6.45, 7) is 2.08. The Balaban J connectivity index is 2.80. The number of alkyl halides is 3. The van der Waals surface area contributed by atoms with Gasteiger partial charge in [0.25, 0.3) is 9.84 Å². The SMILES string of the molecule is O=S(=O)(C1[C]OCCC1)C(F)(F)F. The third-order valence-corrected chi connectivity index (χ3v) is 3.35. The lowest BCUT2D eigenvalue weighted by molar-refractivity contribution is -0.0452. The molecule has 76 valence electrons. The van der Waals surface area contributed by atoms with E-state index in [0.717, 1.165) is 0 Å². The van der Waals surface area contributed by atoms with Crippen LogP contribution >= 0.6 is 0 Å². The van der Waals surface area contributed by atoms with E-state index in [4.69, 9.17) is 0 Å². The molecule has 0 bridgehead atoms. The van der Waals surface area contributed by atoms with Crippen molar-refractivity contribution in [2.45, 2.75) is 23.6 Å². The zero-order valence-corrected chi connectivity index (χ0v) is 7.28. The van der Waals surface area contributed by atoms with E-state index in [2.05, 4.69) is 4.74 Å². The summed E-state index contributed by atoms with van der Waals surface area (Å²) in [5.74, 6) is 0. The lowest BCUT2D eigenvalue weighted by atomic mass is 10.2. The predicted octanol–water partition coefficient (Wildman–Crippen LogP) is 1.14. The van der Waals surface area contributed by atoms with Crippen LogP contribution in [0, 0.1) is 6.61 Å². The van der Waals surface area contributed by atoms with Crippen LogP contribution < -0.4 is 0 Å². The van der Waals surface area contributed by atoms with Crippen molar-refractivity contribution in [2.75, 3.05) is 6.61 Å². The quantitative estimate of drug-likeness (QED) is 0.660. The van der Waals surface area contributed by atoms with E-state index in [1.54, 1.807) is 0 Å². The second kappa shape index (κ2) is 3.45. The number of rotatable bonds is 1. The third-order valence-electron chi connectivity index (χ3n) is 1.62. The summed E-state index contributed by atoms with van der Waals surface area (Å²) < 4.78 is 61.7. The molecule has 2 radical (unpaired) electrons. The van der Waals surface area contributed by atoms with Gasteiger partial charge in [0.05, 0.1) is 0 Å². The highest BCUT2D eigenvalue weighted by Crippen LogP contribution is 2.31. The molecule has 0 aromatic rings. The van der Waals surface area contributed by atoms with Gasteiger partial charge in [0.2, 0.25) is 0 Å². The Hall–Kier alpha value is -0.300. The lowest BCUT2D eigenvalue weighted by Gasteiger charge is -2.21. The summed E-state index contributed by atoms with van der Waals surface area (Å²) in [5, 5.41) is -1.67. The Labute approximate surface area is 73.8 Å². The van der Waals surface area contributed by atoms with Crippen molar-refractivity contribution in [3.05, 3.63) is 6.61 Å². The molecule has 1 aliphatic heterocycles. The molecule has 1 unspecified atom stereocenters. The minimum Gasteiger partial charge on any atom is -0.367 e. The summed E-state index contributed by atoms with van der Waals surface area (Å²) >= 11 is 0. The van der Waals surface area contributed by atoms with E-state index in [9.17, 15) is 21.6 Å². The highest BCUT2D eigenvalue weighted by atomic mass is 32.2. The first kappa shape index (κ1) is 10.8. The zero-order chi connectivity index (χ0) is 10.1. The molecule has 1 heterocycles. The van der Waals surface area contributed by atoms with Gasteiger partial charge in [0, 0.05) is 6.61 Å². The average molecular weight is 216 g/mol. The van der Waals surface area contributed by atoms with E-state index >= 15 is 0 Å². The smallest absolute Gasteiger partial charge is 0.367 e. The molecule has 13 heavy (non-hydrogen) atoms. The normalized spacial score (nSPS) is 25.9. The Morgan fingerprint density at radius 2 is 2.00 bits per heavy atom. The van der Waals surface area contributed by atoms with Gasteiger partial charge in [-0.05, 0) is 12.8 Å². The molecule has 0 spiro atoms. The standard InChI is InChI=1S/C6H7F3O3S/c7-6(8,9)13(10,11)5-2-1-3-12-4-5/h5H,1-3H2. The van der Waals surface area contributed by atoms with Gasteiger partial charge in [-0.15, -0.1) is 0 Å². The van der Waals surface area contributed by atoms with Crippen molar-refractivity contribution in [3.63, 3.8) is 0 Å². The largest absolute Gasteiger partial charge is 0.497 e. The average Bonchev–Trinajstić information content (AvgIpc) is 2.04. The predicted molar refractivity (Wildman–Crippen MR) is 37.2 cm³/mol. The van der Waals surface area contributed by atoms with Crippen molar-refractivity contribution >= 4 is 9.84 Å². The van der Waals surface area contributed by atoms with Crippen LogP contribution in [0.4, 0.5) is 13.2 Å². The van der Waals surface area contributed by atoms with Crippen molar-refractivity contribution in [1.29, 1.82) is 0 Å². The maximum absolute atomic E-state index is 11.9. The molecular formula is C6H7F3O3S. The Bertz CT molecular complexity index is 263. The van der Waals surface area contributed by atoms with Crippen LogP contribution in [0.15, 0.2) is 0 Å². The number of sulfone groups is 1. The molecule has 1 aliphatic rings. The minimum atomic E-state index is -5.22.